The van der Waals surface area contributed by atoms with Gasteiger partial charge in [-0.15, -0.1) is 0 Å². The average Bonchev–Trinajstić information content (AvgIpc) is 2.27. The first-order valence-corrected chi connectivity index (χ1v) is 4.95. The quantitative estimate of drug-likeness (QED) is 0.707. The summed E-state index contributed by atoms with van der Waals surface area (Å²) in [4.78, 5) is 0. The number of hydrogen-bond donors (Lipinski definition) is 2. The maximum Gasteiger partial charge on any atom is 0.484 e. The second-order valence-electron chi connectivity index (χ2n) is 3.62. The summed E-state index contributed by atoms with van der Waals surface area (Å²) in [6, 6.07) is 5.79. The van der Waals surface area contributed by atoms with Gasteiger partial charge in [0, 0.05) is 5.56 Å². The van der Waals surface area contributed by atoms with Crippen molar-refractivity contribution in [3.8, 4) is 5.75 Å². The topological polar surface area (TPSA) is 49.7 Å². The molecule has 1 aliphatic rings. The molecule has 0 saturated carbocycles. The van der Waals surface area contributed by atoms with Crippen LogP contribution >= 0.6 is 0 Å². The molecular weight excluding hydrogens is 191 g/mol. The Morgan fingerprint density at radius 1 is 1.27 bits per heavy atom. The summed E-state index contributed by atoms with van der Waals surface area (Å²) >= 11 is 0. The van der Waals surface area contributed by atoms with Crippen molar-refractivity contribution >= 4 is 13.2 Å². The molecule has 78 valence electrons. The fourth-order valence-electron chi connectivity index (χ4n) is 1.92. The van der Waals surface area contributed by atoms with E-state index in [2.05, 4.69) is 0 Å². The molecule has 4 heteroatoms. The van der Waals surface area contributed by atoms with Crippen LogP contribution in [0.15, 0.2) is 23.7 Å². The van der Waals surface area contributed by atoms with Gasteiger partial charge in [0.25, 0.3) is 0 Å². The van der Waals surface area contributed by atoms with Gasteiger partial charge >= 0.3 is 7.12 Å². The molecule has 0 spiro atoms. The molecular formula is C11H13BO3. The fourth-order valence-corrected chi connectivity index (χ4v) is 1.92. The lowest BCUT2D eigenvalue weighted by molar-refractivity contribution is 0.407. The van der Waals surface area contributed by atoms with Crippen molar-refractivity contribution < 1.29 is 14.8 Å². The summed E-state index contributed by atoms with van der Waals surface area (Å²) in [7, 11) is 0.305. The zero-order valence-electron chi connectivity index (χ0n) is 8.60. The van der Waals surface area contributed by atoms with E-state index >= 15 is 0 Å². The van der Waals surface area contributed by atoms with Crippen molar-refractivity contribution in [1.29, 1.82) is 0 Å². The Kier molecular flexibility index (Phi) is 2.80. The van der Waals surface area contributed by atoms with Gasteiger partial charge in [0.1, 0.15) is 5.75 Å². The molecule has 2 N–H and O–H groups in total. The van der Waals surface area contributed by atoms with E-state index in [4.69, 9.17) is 14.8 Å². The highest BCUT2D eigenvalue weighted by Crippen LogP contribution is 2.31. The van der Waals surface area contributed by atoms with Gasteiger partial charge in [-0.05, 0) is 29.9 Å². The Hall–Kier alpha value is -1.26. The Morgan fingerprint density at radius 2 is 2.07 bits per heavy atom. The van der Waals surface area contributed by atoms with E-state index in [1.54, 1.807) is 7.11 Å². The predicted octanol–water partition coefficient (Wildman–Crippen LogP) is 1.04. The summed E-state index contributed by atoms with van der Waals surface area (Å²) in [5, 5.41) is 18.2. The smallest absolute Gasteiger partial charge is 0.484 e. The summed E-state index contributed by atoms with van der Waals surface area (Å²) in [6.07, 6.45) is 3.29. The number of allylic oxidation sites excluding steroid dienone is 1. The molecule has 1 aromatic rings. The first-order valence-electron chi connectivity index (χ1n) is 4.95. The summed E-state index contributed by atoms with van der Waals surface area (Å²) in [5.74, 6) is 0.871. The van der Waals surface area contributed by atoms with Crippen LogP contribution in [-0.2, 0) is 6.42 Å². The Balaban J connectivity index is 2.43. The predicted molar refractivity (Wildman–Crippen MR) is 59.5 cm³/mol. The third-order valence-electron chi connectivity index (χ3n) is 2.73. The molecule has 1 aromatic carbocycles. The second-order valence-corrected chi connectivity index (χ2v) is 3.62. The minimum absolute atomic E-state index is 0.663. The van der Waals surface area contributed by atoms with Crippen molar-refractivity contribution in [1.82, 2.24) is 0 Å². The third-order valence-corrected chi connectivity index (χ3v) is 2.73. The van der Waals surface area contributed by atoms with E-state index in [1.165, 1.54) is 0 Å². The largest absolute Gasteiger partial charge is 0.496 e. The molecule has 0 amide bonds. The average molecular weight is 204 g/mol. The summed E-state index contributed by atoms with van der Waals surface area (Å²) in [6.45, 7) is 0. The lowest BCUT2D eigenvalue weighted by Crippen LogP contribution is -2.18. The molecule has 0 atom stereocenters. The summed E-state index contributed by atoms with van der Waals surface area (Å²) in [5.41, 5.74) is 2.82. The van der Waals surface area contributed by atoms with E-state index in [1.807, 2.05) is 24.3 Å². The molecule has 3 nitrogen and oxygen atoms in total. The lowest BCUT2D eigenvalue weighted by atomic mass is 9.72. The molecule has 1 aliphatic carbocycles. The van der Waals surface area contributed by atoms with Crippen LogP contribution < -0.4 is 4.74 Å². The zero-order valence-corrected chi connectivity index (χ0v) is 8.60. The zero-order chi connectivity index (χ0) is 10.8. The molecule has 2 rings (SSSR count). The highest BCUT2D eigenvalue weighted by Gasteiger charge is 2.21. The SMILES string of the molecule is COc1cccc2c1CCC(B(O)O)=C2. The van der Waals surface area contributed by atoms with Crippen molar-refractivity contribution in [3.63, 3.8) is 0 Å². The van der Waals surface area contributed by atoms with Crippen molar-refractivity contribution in [3.05, 3.63) is 34.8 Å². The number of benzene rings is 1. The number of fused-ring (bicyclic) bond motifs is 1. The normalized spacial score (nSPS) is 14.2. The van der Waals surface area contributed by atoms with Crippen LogP contribution in [0.2, 0.25) is 0 Å². The first kappa shape index (κ1) is 10.3. The van der Waals surface area contributed by atoms with E-state index in [9.17, 15) is 0 Å². The number of methoxy groups -OCH3 is 1. The number of hydrogen-bond acceptors (Lipinski definition) is 3. The van der Waals surface area contributed by atoms with Crippen LogP contribution in [0.3, 0.4) is 0 Å². The van der Waals surface area contributed by atoms with Gasteiger partial charge in [-0.1, -0.05) is 18.2 Å². The van der Waals surface area contributed by atoms with Gasteiger partial charge in [-0.25, -0.2) is 0 Å². The second kappa shape index (κ2) is 4.09. The van der Waals surface area contributed by atoms with Crippen LogP contribution in [0, 0.1) is 0 Å². The standard InChI is InChI=1S/C11H13BO3/c1-15-11-4-2-3-8-7-9(12(13)14)5-6-10(8)11/h2-4,7,13-14H,5-6H2,1H3. The van der Waals surface area contributed by atoms with Crippen LogP contribution in [-0.4, -0.2) is 24.3 Å². The van der Waals surface area contributed by atoms with E-state index in [0.717, 1.165) is 23.3 Å². The van der Waals surface area contributed by atoms with Gasteiger partial charge in [0.15, 0.2) is 0 Å². The van der Waals surface area contributed by atoms with Crippen molar-refractivity contribution in [2.45, 2.75) is 12.8 Å². The molecule has 0 fully saturated rings. The van der Waals surface area contributed by atoms with Gasteiger partial charge in [-0.2, -0.15) is 0 Å². The molecule has 0 aromatic heterocycles. The maximum atomic E-state index is 9.09. The first-order chi connectivity index (χ1) is 7.22. The molecule has 0 unspecified atom stereocenters. The highest BCUT2D eigenvalue weighted by atomic mass is 16.5. The Labute approximate surface area is 89.2 Å². The molecule has 0 aliphatic heterocycles. The van der Waals surface area contributed by atoms with Gasteiger partial charge in [0.05, 0.1) is 7.11 Å². The Bertz CT molecular complexity index is 399. The van der Waals surface area contributed by atoms with Crippen LogP contribution in [0.5, 0.6) is 5.75 Å². The maximum absolute atomic E-state index is 9.09. The number of ether oxygens (including phenoxy) is 1. The van der Waals surface area contributed by atoms with Gasteiger partial charge < -0.3 is 14.8 Å². The van der Waals surface area contributed by atoms with E-state index in [0.29, 0.717) is 11.9 Å². The van der Waals surface area contributed by atoms with Gasteiger partial charge in [0.2, 0.25) is 0 Å². The lowest BCUT2D eigenvalue weighted by Gasteiger charge is -2.18. The summed E-state index contributed by atoms with van der Waals surface area (Å²) < 4.78 is 5.25. The molecule has 15 heavy (non-hydrogen) atoms. The highest BCUT2D eigenvalue weighted by molar-refractivity contribution is 6.52. The minimum atomic E-state index is -1.34. The van der Waals surface area contributed by atoms with Gasteiger partial charge in [-0.3, -0.25) is 0 Å². The van der Waals surface area contributed by atoms with E-state index < -0.39 is 7.12 Å². The van der Waals surface area contributed by atoms with E-state index in [-0.39, 0.29) is 0 Å². The Morgan fingerprint density at radius 3 is 2.73 bits per heavy atom. The molecule has 0 radical (unpaired) electrons. The molecule has 0 heterocycles. The van der Waals surface area contributed by atoms with Crippen LogP contribution in [0.4, 0.5) is 0 Å². The fraction of sp³-hybridized carbons (Fsp3) is 0.273. The van der Waals surface area contributed by atoms with Crippen molar-refractivity contribution in [2.75, 3.05) is 7.11 Å². The molecule has 0 bridgehead atoms. The molecule has 0 saturated heterocycles. The minimum Gasteiger partial charge on any atom is -0.496 e. The van der Waals surface area contributed by atoms with Crippen LogP contribution in [0.25, 0.3) is 6.08 Å². The van der Waals surface area contributed by atoms with Crippen LogP contribution in [0.1, 0.15) is 17.5 Å². The monoisotopic (exact) mass is 204 g/mol. The van der Waals surface area contributed by atoms with Crippen molar-refractivity contribution in [2.24, 2.45) is 0 Å². The number of rotatable bonds is 2. The third kappa shape index (κ3) is 1.91.